The van der Waals surface area contributed by atoms with E-state index >= 15 is 0 Å². The van der Waals surface area contributed by atoms with Gasteiger partial charge in [0.2, 0.25) is 5.91 Å². The molecule has 1 rings (SSSR count). The van der Waals surface area contributed by atoms with Crippen LogP contribution in [0.15, 0.2) is 6.20 Å². The zero-order valence-corrected chi connectivity index (χ0v) is 10.3. The van der Waals surface area contributed by atoms with E-state index < -0.39 is 5.97 Å². The van der Waals surface area contributed by atoms with Crippen LogP contribution in [0, 0.1) is 0 Å². The molecule has 100 valence electrons. The highest BCUT2D eigenvalue weighted by atomic mass is 16.5. The summed E-state index contributed by atoms with van der Waals surface area (Å²) in [7, 11) is 0. The van der Waals surface area contributed by atoms with Crippen LogP contribution in [0.1, 0.15) is 19.5 Å². The van der Waals surface area contributed by atoms with Crippen LogP contribution in [-0.2, 0) is 27.4 Å². The number of carbonyl (C=O) groups excluding carboxylic acids is 1. The third-order valence-corrected chi connectivity index (χ3v) is 1.90. The molecule has 1 aromatic rings. The Kier molecular flexibility index (Phi) is 5.25. The van der Waals surface area contributed by atoms with E-state index in [1.54, 1.807) is 0 Å². The second-order valence-electron chi connectivity index (χ2n) is 3.94. The number of aliphatic carboxylic acids is 1. The van der Waals surface area contributed by atoms with Gasteiger partial charge in [0, 0.05) is 0 Å². The van der Waals surface area contributed by atoms with Gasteiger partial charge in [0.05, 0.1) is 18.8 Å². The Morgan fingerprint density at radius 2 is 2.28 bits per heavy atom. The summed E-state index contributed by atoms with van der Waals surface area (Å²) in [5.74, 6) is -1.25. The van der Waals surface area contributed by atoms with Crippen molar-refractivity contribution in [3.05, 3.63) is 11.9 Å². The van der Waals surface area contributed by atoms with Crippen molar-refractivity contribution in [2.45, 2.75) is 33.0 Å². The number of carboxylic acid groups (broad SMARTS) is 1. The molecule has 0 unspecified atom stereocenters. The van der Waals surface area contributed by atoms with Gasteiger partial charge >= 0.3 is 5.97 Å². The van der Waals surface area contributed by atoms with Gasteiger partial charge in [0.15, 0.2) is 0 Å². The first kappa shape index (κ1) is 14.1. The van der Waals surface area contributed by atoms with Crippen LogP contribution in [0.2, 0.25) is 0 Å². The van der Waals surface area contributed by atoms with Crippen LogP contribution in [0.5, 0.6) is 0 Å². The molecule has 8 nitrogen and oxygen atoms in total. The average molecular weight is 256 g/mol. The van der Waals surface area contributed by atoms with Crippen molar-refractivity contribution in [2.75, 3.05) is 6.61 Å². The number of carbonyl (C=O) groups is 2. The Bertz CT molecular complexity index is 416. The summed E-state index contributed by atoms with van der Waals surface area (Å²) < 4.78 is 6.31. The Labute approximate surface area is 104 Å². The van der Waals surface area contributed by atoms with E-state index in [9.17, 15) is 9.59 Å². The van der Waals surface area contributed by atoms with Crippen molar-refractivity contribution in [3.63, 3.8) is 0 Å². The second-order valence-corrected chi connectivity index (χ2v) is 3.94. The van der Waals surface area contributed by atoms with Crippen LogP contribution in [-0.4, -0.2) is 44.7 Å². The first-order chi connectivity index (χ1) is 8.47. The second kappa shape index (κ2) is 6.70. The minimum Gasteiger partial charge on any atom is -0.480 e. The summed E-state index contributed by atoms with van der Waals surface area (Å²) in [4.78, 5) is 21.7. The lowest BCUT2D eigenvalue weighted by atomic mass is 10.4. The smallest absolute Gasteiger partial charge is 0.325 e. The zero-order chi connectivity index (χ0) is 13.5. The molecule has 8 heteroatoms. The minimum atomic E-state index is -0.999. The van der Waals surface area contributed by atoms with Gasteiger partial charge in [-0.15, -0.1) is 5.10 Å². The minimum absolute atomic E-state index is 0.00723. The molecule has 0 saturated heterocycles. The van der Waals surface area contributed by atoms with Crippen molar-refractivity contribution in [1.82, 2.24) is 20.3 Å². The maximum atomic E-state index is 11.3. The standard InChI is InChI=1S/C10H16N4O4/c1-7(2)18-6-9(15)11-3-8-4-14(13-12-8)5-10(16)17/h4,7H,3,5-6H2,1-2H3,(H,11,15)(H,16,17). The fourth-order valence-corrected chi connectivity index (χ4v) is 1.12. The summed E-state index contributed by atoms with van der Waals surface area (Å²) in [5.41, 5.74) is 0.495. The maximum absolute atomic E-state index is 11.3. The predicted molar refractivity (Wildman–Crippen MR) is 60.6 cm³/mol. The Morgan fingerprint density at radius 3 is 2.89 bits per heavy atom. The molecule has 1 heterocycles. The molecule has 1 amide bonds. The number of nitrogens with zero attached hydrogens (tertiary/aromatic N) is 3. The van der Waals surface area contributed by atoms with Gasteiger partial charge in [-0.1, -0.05) is 5.21 Å². The molecule has 0 saturated carbocycles. The molecule has 0 spiro atoms. The van der Waals surface area contributed by atoms with Gasteiger partial charge < -0.3 is 15.2 Å². The number of hydrogen-bond donors (Lipinski definition) is 2. The third kappa shape index (κ3) is 5.39. The molecule has 0 aliphatic heterocycles. The Hall–Kier alpha value is -1.96. The molecule has 0 atom stereocenters. The van der Waals surface area contributed by atoms with Crippen molar-refractivity contribution in [2.24, 2.45) is 0 Å². The number of rotatable bonds is 7. The molecule has 0 aliphatic rings. The van der Waals surface area contributed by atoms with Crippen molar-refractivity contribution < 1.29 is 19.4 Å². The number of amides is 1. The van der Waals surface area contributed by atoms with Gasteiger partial charge in [-0.2, -0.15) is 0 Å². The maximum Gasteiger partial charge on any atom is 0.325 e. The lowest BCUT2D eigenvalue weighted by molar-refractivity contribution is -0.138. The van der Waals surface area contributed by atoms with Crippen LogP contribution in [0.3, 0.4) is 0 Å². The number of aromatic nitrogens is 3. The van der Waals surface area contributed by atoms with E-state index in [4.69, 9.17) is 9.84 Å². The summed E-state index contributed by atoms with van der Waals surface area (Å²) in [6.45, 7) is 3.60. The van der Waals surface area contributed by atoms with Crippen molar-refractivity contribution in [1.29, 1.82) is 0 Å². The molecule has 1 aromatic heterocycles. The summed E-state index contributed by atoms with van der Waals surface area (Å²) in [6, 6.07) is 0. The van der Waals surface area contributed by atoms with Crippen LogP contribution >= 0.6 is 0 Å². The molecule has 0 aliphatic carbocycles. The molecule has 2 N–H and O–H groups in total. The van der Waals surface area contributed by atoms with E-state index in [-0.39, 0.29) is 31.7 Å². The molecule has 18 heavy (non-hydrogen) atoms. The lowest BCUT2D eigenvalue weighted by Gasteiger charge is -2.06. The average Bonchev–Trinajstić information content (AvgIpc) is 2.70. The Balaban J connectivity index is 2.32. The number of hydrogen-bond acceptors (Lipinski definition) is 5. The quantitative estimate of drug-likeness (QED) is 0.675. The number of nitrogens with one attached hydrogen (secondary N) is 1. The normalized spacial score (nSPS) is 10.6. The molecular weight excluding hydrogens is 240 g/mol. The van der Waals surface area contributed by atoms with E-state index in [1.807, 2.05) is 13.8 Å². The molecule has 0 fully saturated rings. The van der Waals surface area contributed by atoms with E-state index in [2.05, 4.69) is 15.6 Å². The number of ether oxygens (including phenoxy) is 1. The van der Waals surface area contributed by atoms with E-state index in [0.29, 0.717) is 5.69 Å². The molecule has 0 aromatic carbocycles. The van der Waals surface area contributed by atoms with Crippen molar-refractivity contribution >= 4 is 11.9 Å². The first-order valence-corrected chi connectivity index (χ1v) is 5.46. The summed E-state index contributed by atoms with van der Waals surface area (Å²) in [5, 5.41) is 18.5. The SMILES string of the molecule is CC(C)OCC(=O)NCc1cn(CC(=O)O)nn1. The number of carboxylic acids is 1. The highest BCUT2D eigenvalue weighted by Crippen LogP contribution is 1.93. The lowest BCUT2D eigenvalue weighted by Crippen LogP contribution is -2.28. The van der Waals surface area contributed by atoms with Gasteiger partial charge in [-0.3, -0.25) is 9.59 Å². The predicted octanol–water partition coefficient (Wildman–Crippen LogP) is -0.596. The monoisotopic (exact) mass is 256 g/mol. The summed E-state index contributed by atoms with van der Waals surface area (Å²) in [6.07, 6.45) is 1.46. The zero-order valence-electron chi connectivity index (χ0n) is 10.3. The third-order valence-electron chi connectivity index (χ3n) is 1.90. The van der Waals surface area contributed by atoms with Crippen LogP contribution < -0.4 is 5.32 Å². The highest BCUT2D eigenvalue weighted by Gasteiger charge is 2.07. The van der Waals surface area contributed by atoms with Crippen LogP contribution in [0.25, 0.3) is 0 Å². The fraction of sp³-hybridized carbons (Fsp3) is 0.600. The van der Waals surface area contributed by atoms with Crippen molar-refractivity contribution in [3.8, 4) is 0 Å². The molecule has 0 radical (unpaired) electrons. The Morgan fingerprint density at radius 1 is 1.56 bits per heavy atom. The van der Waals surface area contributed by atoms with Crippen LogP contribution in [0.4, 0.5) is 0 Å². The van der Waals surface area contributed by atoms with E-state index in [1.165, 1.54) is 10.9 Å². The molecular formula is C10H16N4O4. The van der Waals surface area contributed by atoms with Gasteiger partial charge in [0.1, 0.15) is 18.8 Å². The molecule has 0 bridgehead atoms. The fourth-order valence-electron chi connectivity index (χ4n) is 1.12. The largest absolute Gasteiger partial charge is 0.480 e. The van der Waals surface area contributed by atoms with Gasteiger partial charge in [-0.25, -0.2) is 4.68 Å². The van der Waals surface area contributed by atoms with Gasteiger partial charge in [0.25, 0.3) is 0 Å². The van der Waals surface area contributed by atoms with Gasteiger partial charge in [-0.05, 0) is 13.8 Å². The van der Waals surface area contributed by atoms with E-state index in [0.717, 1.165) is 0 Å². The first-order valence-electron chi connectivity index (χ1n) is 5.46. The highest BCUT2D eigenvalue weighted by molar-refractivity contribution is 5.77. The summed E-state index contributed by atoms with van der Waals surface area (Å²) >= 11 is 0. The topological polar surface area (TPSA) is 106 Å².